The van der Waals surface area contributed by atoms with Crippen molar-refractivity contribution in [1.82, 2.24) is 14.9 Å². The van der Waals surface area contributed by atoms with Gasteiger partial charge < -0.3 is 24.7 Å². The monoisotopic (exact) mass is 486 g/mol. The van der Waals surface area contributed by atoms with Gasteiger partial charge in [0, 0.05) is 30.6 Å². The van der Waals surface area contributed by atoms with E-state index in [0.29, 0.717) is 10.6 Å². The summed E-state index contributed by atoms with van der Waals surface area (Å²) in [5.74, 6) is -0.958. The number of hydrogen-bond acceptors (Lipinski definition) is 7. The molecular formula is C24H30N4O5S. The van der Waals surface area contributed by atoms with Crippen molar-refractivity contribution < 1.29 is 23.9 Å². The minimum absolute atomic E-state index is 0.238. The number of rotatable bonds is 7. The lowest BCUT2D eigenvalue weighted by Crippen LogP contribution is -2.47. The van der Waals surface area contributed by atoms with Crippen molar-refractivity contribution >= 4 is 45.3 Å². The number of thiazole rings is 1. The number of anilines is 1. The highest BCUT2D eigenvalue weighted by molar-refractivity contribution is 7.17. The predicted octanol–water partition coefficient (Wildman–Crippen LogP) is 4.19. The summed E-state index contributed by atoms with van der Waals surface area (Å²) in [6.07, 6.45) is 1.48. The minimum Gasteiger partial charge on any atom is -0.462 e. The van der Waals surface area contributed by atoms with E-state index in [2.05, 4.69) is 15.6 Å². The second-order valence-corrected chi connectivity index (χ2v) is 9.83. The van der Waals surface area contributed by atoms with Crippen molar-refractivity contribution in [1.29, 1.82) is 0 Å². The summed E-state index contributed by atoms with van der Waals surface area (Å²) in [5, 5.41) is 6.65. The zero-order valence-electron chi connectivity index (χ0n) is 20.2. The van der Waals surface area contributed by atoms with Crippen molar-refractivity contribution in [2.75, 3.05) is 11.9 Å². The molecular weight excluding hydrogens is 456 g/mol. The Balaban J connectivity index is 1.85. The number of carbonyl (C=O) groups excluding carboxylic acids is 3. The SMILES string of the molecule is CCOC(=O)c1sc(NC(=O)C(Cc2cn(C)c3ccccc23)NC(=O)OC(C)(C)C)nc1C. The molecule has 1 unspecified atom stereocenters. The zero-order valence-corrected chi connectivity index (χ0v) is 21.0. The van der Waals surface area contributed by atoms with Crippen LogP contribution in [0.2, 0.25) is 0 Å². The van der Waals surface area contributed by atoms with E-state index in [9.17, 15) is 14.4 Å². The number of ether oxygens (including phenoxy) is 2. The van der Waals surface area contributed by atoms with E-state index in [-0.39, 0.29) is 18.2 Å². The first-order valence-corrected chi connectivity index (χ1v) is 11.8. The van der Waals surface area contributed by atoms with Crippen LogP contribution in [-0.2, 0) is 27.7 Å². The topological polar surface area (TPSA) is 112 Å². The van der Waals surface area contributed by atoms with E-state index < -0.39 is 29.6 Å². The van der Waals surface area contributed by atoms with Gasteiger partial charge in [-0.05, 0) is 46.2 Å². The highest BCUT2D eigenvalue weighted by Crippen LogP contribution is 2.25. The Hall–Kier alpha value is -3.40. The molecule has 0 bridgehead atoms. The molecule has 0 aliphatic carbocycles. The van der Waals surface area contributed by atoms with Gasteiger partial charge in [-0.15, -0.1) is 0 Å². The van der Waals surface area contributed by atoms with Gasteiger partial charge >= 0.3 is 12.1 Å². The molecule has 0 saturated carbocycles. The average Bonchev–Trinajstić information content (AvgIpc) is 3.26. The number of alkyl carbamates (subject to hydrolysis) is 1. The van der Waals surface area contributed by atoms with E-state index in [1.165, 1.54) is 0 Å². The number of nitrogens with zero attached hydrogens (tertiary/aromatic N) is 2. The van der Waals surface area contributed by atoms with Crippen LogP contribution in [0.15, 0.2) is 30.5 Å². The standard InChI is InChI=1S/C24H30N4O5S/c1-7-32-21(30)19-14(2)25-22(34-19)27-20(29)17(26-23(31)33-24(3,4)5)12-15-13-28(6)18-11-9-8-10-16(15)18/h8-11,13,17H,7,12H2,1-6H3,(H,26,31)(H,25,27,29). The molecule has 0 radical (unpaired) electrons. The molecule has 1 aromatic carbocycles. The Morgan fingerprint density at radius 1 is 1.21 bits per heavy atom. The number of nitrogens with one attached hydrogen (secondary N) is 2. The molecule has 0 aliphatic rings. The summed E-state index contributed by atoms with van der Waals surface area (Å²) in [4.78, 5) is 42.5. The molecule has 0 aliphatic heterocycles. The third-order valence-corrected chi connectivity index (χ3v) is 5.95. The number of aromatic nitrogens is 2. The van der Waals surface area contributed by atoms with Crippen LogP contribution >= 0.6 is 11.3 Å². The molecule has 2 N–H and O–H groups in total. The van der Waals surface area contributed by atoms with Crippen molar-refractivity contribution in [2.45, 2.75) is 52.7 Å². The third-order valence-electron chi connectivity index (χ3n) is 4.90. The minimum atomic E-state index is -0.934. The lowest BCUT2D eigenvalue weighted by Gasteiger charge is -2.23. The van der Waals surface area contributed by atoms with Crippen LogP contribution in [0.5, 0.6) is 0 Å². The Morgan fingerprint density at radius 2 is 1.91 bits per heavy atom. The van der Waals surface area contributed by atoms with Crippen molar-refractivity contribution in [2.24, 2.45) is 7.05 Å². The second kappa shape index (κ2) is 10.3. The number of carbonyl (C=O) groups is 3. The number of hydrogen-bond donors (Lipinski definition) is 2. The summed E-state index contributed by atoms with van der Waals surface area (Å²) in [5.41, 5.74) is 1.66. The van der Waals surface area contributed by atoms with Crippen molar-refractivity contribution in [3.8, 4) is 0 Å². The van der Waals surface area contributed by atoms with Crippen LogP contribution in [0, 0.1) is 6.92 Å². The molecule has 182 valence electrons. The van der Waals surface area contributed by atoms with Crippen LogP contribution in [-0.4, -0.2) is 45.8 Å². The van der Waals surface area contributed by atoms with Crippen LogP contribution in [0.25, 0.3) is 10.9 Å². The van der Waals surface area contributed by atoms with Gasteiger partial charge in [0.15, 0.2) is 5.13 Å². The fraction of sp³-hybridized carbons (Fsp3) is 0.417. The normalized spacial score (nSPS) is 12.3. The molecule has 2 heterocycles. The van der Waals surface area contributed by atoms with Gasteiger partial charge in [-0.1, -0.05) is 29.5 Å². The molecule has 0 spiro atoms. The first kappa shape index (κ1) is 25.2. The second-order valence-electron chi connectivity index (χ2n) is 8.83. The maximum atomic E-state index is 13.2. The van der Waals surface area contributed by atoms with Gasteiger partial charge in [0.05, 0.1) is 12.3 Å². The number of aryl methyl sites for hydroxylation is 2. The van der Waals surface area contributed by atoms with Crippen molar-refractivity contribution in [3.05, 3.63) is 46.6 Å². The van der Waals surface area contributed by atoms with Gasteiger partial charge in [0.1, 0.15) is 16.5 Å². The molecule has 2 aromatic heterocycles. The van der Waals surface area contributed by atoms with Crippen LogP contribution in [0.4, 0.5) is 9.93 Å². The van der Waals surface area contributed by atoms with Gasteiger partial charge in [-0.3, -0.25) is 4.79 Å². The molecule has 3 rings (SSSR count). The van der Waals surface area contributed by atoms with Gasteiger partial charge in [0.25, 0.3) is 0 Å². The molecule has 0 saturated heterocycles. The maximum Gasteiger partial charge on any atom is 0.408 e. The first-order valence-electron chi connectivity index (χ1n) is 11.0. The summed E-state index contributed by atoms with van der Waals surface area (Å²) in [6.45, 7) is 8.89. The quantitative estimate of drug-likeness (QED) is 0.484. The maximum absolute atomic E-state index is 13.2. The summed E-state index contributed by atoms with van der Waals surface area (Å²) in [7, 11) is 1.93. The lowest BCUT2D eigenvalue weighted by atomic mass is 10.0. The van der Waals surface area contributed by atoms with Crippen molar-refractivity contribution in [3.63, 3.8) is 0 Å². The van der Waals surface area contributed by atoms with Crippen LogP contribution < -0.4 is 10.6 Å². The zero-order chi connectivity index (χ0) is 25.0. The average molecular weight is 487 g/mol. The fourth-order valence-electron chi connectivity index (χ4n) is 3.50. The smallest absolute Gasteiger partial charge is 0.408 e. The van der Waals surface area contributed by atoms with E-state index in [1.807, 2.05) is 42.1 Å². The Kier molecular flexibility index (Phi) is 7.61. The summed E-state index contributed by atoms with van der Waals surface area (Å²) < 4.78 is 12.4. The predicted molar refractivity (Wildman–Crippen MR) is 131 cm³/mol. The molecule has 10 heteroatoms. The Morgan fingerprint density at radius 3 is 2.59 bits per heavy atom. The fourth-order valence-corrected chi connectivity index (χ4v) is 4.36. The molecule has 0 fully saturated rings. The van der Waals surface area contributed by atoms with E-state index in [1.54, 1.807) is 34.6 Å². The number of fused-ring (bicyclic) bond motifs is 1. The largest absolute Gasteiger partial charge is 0.462 e. The van der Waals surface area contributed by atoms with E-state index in [4.69, 9.17) is 9.47 Å². The van der Waals surface area contributed by atoms with Gasteiger partial charge in [0.2, 0.25) is 5.91 Å². The summed E-state index contributed by atoms with van der Waals surface area (Å²) >= 11 is 1.03. The molecule has 9 nitrogen and oxygen atoms in total. The third kappa shape index (κ3) is 6.13. The highest BCUT2D eigenvalue weighted by atomic mass is 32.1. The Labute approximate surface area is 202 Å². The summed E-state index contributed by atoms with van der Waals surface area (Å²) in [6, 6.07) is 6.90. The molecule has 2 amide bonds. The van der Waals surface area contributed by atoms with Crippen LogP contribution in [0.3, 0.4) is 0 Å². The van der Waals surface area contributed by atoms with E-state index >= 15 is 0 Å². The number of para-hydroxylation sites is 1. The molecule has 1 atom stereocenters. The lowest BCUT2D eigenvalue weighted by molar-refractivity contribution is -0.118. The Bertz CT molecular complexity index is 1210. The number of esters is 1. The highest BCUT2D eigenvalue weighted by Gasteiger charge is 2.27. The number of benzene rings is 1. The first-order chi connectivity index (χ1) is 16.0. The van der Waals surface area contributed by atoms with E-state index in [0.717, 1.165) is 27.8 Å². The van der Waals surface area contributed by atoms with Gasteiger partial charge in [-0.25, -0.2) is 14.6 Å². The molecule has 3 aromatic rings. The molecule has 34 heavy (non-hydrogen) atoms. The van der Waals surface area contributed by atoms with Gasteiger partial charge in [-0.2, -0.15) is 0 Å². The number of amides is 2. The van der Waals surface area contributed by atoms with Crippen LogP contribution in [0.1, 0.15) is 48.6 Å².